The number of hydrogen-bond donors (Lipinski definition) is 2. The molecule has 2 aliphatic rings. The summed E-state index contributed by atoms with van der Waals surface area (Å²) >= 11 is 0. The smallest absolute Gasteiger partial charge is 0.225 e. The van der Waals surface area contributed by atoms with Gasteiger partial charge in [-0.15, -0.1) is 0 Å². The van der Waals surface area contributed by atoms with E-state index in [-0.39, 0.29) is 24.3 Å². The van der Waals surface area contributed by atoms with Crippen LogP contribution in [-0.2, 0) is 9.59 Å². The summed E-state index contributed by atoms with van der Waals surface area (Å²) in [5.41, 5.74) is 0. The third-order valence-electron chi connectivity index (χ3n) is 4.24. The first kappa shape index (κ1) is 15.3. The number of aliphatic hydroxyl groups is 1. The molecule has 0 aromatic rings. The van der Waals surface area contributed by atoms with E-state index >= 15 is 0 Å². The first-order valence-corrected chi connectivity index (χ1v) is 7.89. The fourth-order valence-corrected chi connectivity index (χ4v) is 2.72. The maximum absolute atomic E-state index is 12.0. The Labute approximate surface area is 120 Å². The monoisotopic (exact) mass is 282 g/mol. The summed E-state index contributed by atoms with van der Waals surface area (Å²) in [5.74, 6) is 0.781. The highest BCUT2D eigenvalue weighted by atomic mass is 16.3. The lowest BCUT2D eigenvalue weighted by Gasteiger charge is -2.31. The second-order valence-electron chi connectivity index (χ2n) is 5.95. The molecule has 2 rings (SSSR count). The Morgan fingerprint density at radius 2 is 1.70 bits per heavy atom. The summed E-state index contributed by atoms with van der Waals surface area (Å²) in [5, 5.41) is 11.6. The molecule has 1 aliphatic heterocycles. The van der Waals surface area contributed by atoms with Gasteiger partial charge in [-0.05, 0) is 44.9 Å². The molecule has 1 saturated carbocycles. The van der Waals surface area contributed by atoms with E-state index in [9.17, 15) is 9.59 Å². The van der Waals surface area contributed by atoms with Crippen LogP contribution in [-0.4, -0.2) is 48.1 Å². The number of nitrogens with one attached hydrogen (secondary N) is 1. The Morgan fingerprint density at radius 3 is 2.30 bits per heavy atom. The van der Waals surface area contributed by atoms with Crippen molar-refractivity contribution in [2.45, 2.75) is 44.9 Å². The number of carbonyl (C=O) groups excluding carboxylic acids is 2. The van der Waals surface area contributed by atoms with Crippen molar-refractivity contribution in [3.63, 3.8) is 0 Å². The van der Waals surface area contributed by atoms with Gasteiger partial charge in [0, 0.05) is 38.1 Å². The predicted molar refractivity (Wildman–Crippen MR) is 76.0 cm³/mol. The molecular formula is C15H26N2O3. The molecule has 1 saturated heterocycles. The summed E-state index contributed by atoms with van der Waals surface area (Å²) < 4.78 is 0. The molecule has 2 fully saturated rings. The quantitative estimate of drug-likeness (QED) is 0.682. The molecule has 2 amide bonds. The molecule has 2 N–H and O–H groups in total. The molecular weight excluding hydrogens is 256 g/mol. The van der Waals surface area contributed by atoms with Crippen molar-refractivity contribution in [1.29, 1.82) is 0 Å². The Hall–Kier alpha value is -1.10. The van der Waals surface area contributed by atoms with Crippen LogP contribution in [0.1, 0.15) is 44.9 Å². The molecule has 1 heterocycles. The lowest BCUT2D eigenvalue weighted by Crippen LogP contribution is -2.43. The fraction of sp³-hybridized carbons (Fsp3) is 0.867. The van der Waals surface area contributed by atoms with Crippen LogP contribution in [0.5, 0.6) is 0 Å². The Kier molecular flexibility index (Phi) is 5.83. The number of rotatable bonds is 7. The Morgan fingerprint density at radius 1 is 1.00 bits per heavy atom. The van der Waals surface area contributed by atoms with Gasteiger partial charge in [0.15, 0.2) is 0 Å². The first-order valence-electron chi connectivity index (χ1n) is 7.89. The third kappa shape index (κ3) is 4.47. The number of carbonyl (C=O) groups is 2. The van der Waals surface area contributed by atoms with Gasteiger partial charge >= 0.3 is 0 Å². The molecule has 0 aromatic carbocycles. The molecule has 0 atom stereocenters. The van der Waals surface area contributed by atoms with Gasteiger partial charge < -0.3 is 15.3 Å². The van der Waals surface area contributed by atoms with Gasteiger partial charge in [-0.25, -0.2) is 0 Å². The number of nitrogens with zero attached hydrogens (tertiary/aromatic N) is 1. The first-order chi connectivity index (χ1) is 9.72. The second-order valence-corrected chi connectivity index (χ2v) is 5.95. The van der Waals surface area contributed by atoms with E-state index < -0.39 is 0 Å². The van der Waals surface area contributed by atoms with Crippen LogP contribution in [0.3, 0.4) is 0 Å². The van der Waals surface area contributed by atoms with Crippen LogP contribution in [0.4, 0.5) is 0 Å². The number of likely N-dealkylation sites (tertiary alicyclic amines) is 1. The van der Waals surface area contributed by atoms with Gasteiger partial charge in [-0.3, -0.25) is 9.59 Å². The maximum atomic E-state index is 12.0. The Bertz CT molecular complexity index is 334. The van der Waals surface area contributed by atoms with E-state index in [1.807, 2.05) is 4.90 Å². The highest BCUT2D eigenvalue weighted by molar-refractivity contribution is 5.82. The van der Waals surface area contributed by atoms with Crippen LogP contribution >= 0.6 is 0 Å². The Balaban J connectivity index is 1.60. The van der Waals surface area contributed by atoms with Crippen LogP contribution < -0.4 is 5.32 Å². The fourth-order valence-electron chi connectivity index (χ4n) is 2.72. The normalized spacial score (nSPS) is 19.9. The van der Waals surface area contributed by atoms with Gasteiger partial charge in [-0.1, -0.05) is 0 Å². The summed E-state index contributed by atoms with van der Waals surface area (Å²) in [6.45, 7) is 2.39. The minimum absolute atomic E-state index is 0.0658. The summed E-state index contributed by atoms with van der Waals surface area (Å²) in [6.07, 6.45) is 6.36. The lowest BCUT2D eigenvalue weighted by molar-refractivity contribution is -0.136. The average Bonchev–Trinajstić information content (AvgIpc) is 3.31. The van der Waals surface area contributed by atoms with Crippen LogP contribution in [0.15, 0.2) is 0 Å². The minimum atomic E-state index is 0.0658. The molecule has 114 valence electrons. The number of unbranched alkanes of at least 4 members (excludes halogenated alkanes) is 2. The van der Waals surface area contributed by atoms with E-state index in [0.29, 0.717) is 12.5 Å². The molecule has 0 spiro atoms. The molecule has 0 unspecified atom stereocenters. The van der Waals surface area contributed by atoms with Crippen molar-refractivity contribution in [1.82, 2.24) is 10.2 Å². The second kappa shape index (κ2) is 7.62. The third-order valence-corrected chi connectivity index (χ3v) is 4.24. The molecule has 0 bridgehead atoms. The van der Waals surface area contributed by atoms with Crippen molar-refractivity contribution in [2.75, 3.05) is 26.2 Å². The number of amides is 2. The van der Waals surface area contributed by atoms with Gasteiger partial charge in [0.1, 0.15) is 0 Å². The number of hydrogen-bond acceptors (Lipinski definition) is 3. The zero-order valence-corrected chi connectivity index (χ0v) is 12.1. The van der Waals surface area contributed by atoms with Crippen molar-refractivity contribution in [3.05, 3.63) is 0 Å². The van der Waals surface area contributed by atoms with E-state index in [2.05, 4.69) is 5.32 Å². The number of piperidine rings is 1. The van der Waals surface area contributed by atoms with Gasteiger partial charge in [-0.2, -0.15) is 0 Å². The summed E-state index contributed by atoms with van der Waals surface area (Å²) in [4.78, 5) is 25.8. The van der Waals surface area contributed by atoms with Gasteiger partial charge in [0.05, 0.1) is 0 Å². The summed E-state index contributed by atoms with van der Waals surface area (Å²) in [7, 11) is 0. The van der Waals surface area contributed by atoms with E-state index in [0.717, 1.165) is 58.0 Å². The minimum Gasteiger partial charge on any atom is -0.396 e. The molecule has 5 nitrogen and oxygen atoms in total. The standard InChI is InChI=1S/C15H26N2O3/c18-11-3-1-2-8-16-14(19)12-6-9-17(10-7-12)15(20)13-4-5-13/h12-13,18H,1-11H2,(H,16,19). The lowest BCUT2D eigenvalue weighted by atomic mass is 9.95. The van der Waals surface area contributed by atoms with Crippen molar-refractivity contribution < 1.29 is 14.7 Å². The number of aliphatic hydroxyl groups excluding tert-OH is 1. The van der Waals surface area contributed by atoms with E-state index in [4.69, 9.17) is 5.11 Å². The summed E-state index contributed by atoms with van der Waals surface area (Å²) in [6, 6.07) is 0. The van der Waals surface area contributed by atoms with Crippen LogP contribution in [0.25, 0.3) is 0 Å². The highest BCUT2D eigenvalue weighted by Crippen LogP contribution is 2.32. The van der Waals surface area contributed by atoms with Crippen molar-refractivity contribution >= 4 is 11.8 Å². The predicted octanol–water partition coefficient (Wildman–Crippen LogP) is 0.914. The molecule has 5 heteroatoms. The van der Waals surface area contributed by atoms with Gasteiger partial charge in [0.2, 0.25) is 11.8 Å². The zero-order chi connectivity index (χ0) is 14.4. The van der Waals surface area contributed by atoms with Crippen LogP contribution in [0, 0.1) is 11.8 Å². The average molecular weight is 282 g/mol. The SMILES string of the molecule is O=C(NCCCCCO)C1CCN(C(=O)C2CC2)CC1. The van der Waals surface area contributed by atoms with Crippen LogP contribution in [0.2, 0.25) is 0 Å². The largest absolute Gasteiger partial charge is 0.396 e. The highest BCUT2D eigenvalue weighted by Gasteiger charge is 2.35. The molecule has 0 aromatic heterocycles. The molecule has 1 aliphatic carbocycles. The van der Waals surface area contributed by atoms with Gasteiger partial charge in [0.25, 0.3) is 0 Å². The topological polar surface area (TPSA) is 69.6 Å². The van der Waals surface area contributed by atoms with E-state index in [1.54, 1.807) is 0 Å². The van der Waals surface area contributed by atoms with Crippen molar-refractivity contribution in [3.8, 4) is 0 Å². The molecule has 20 heavy (non-hydrogen) atoms. The van der Waals surface area contributed by atoms with E-state index in [1.165, 1.54) is 0 Å². The zero-order valence-electron chi connectivity index (χ0n) is 12.1. The molecule has 0 radical (unpaired) electrons. The van der Waals surface area contributed by atoms with Crippen molar-refractivity contribution in [2.24, 2.45) is 11.8 Å². The maximum Gasteiger partial charge on any atom is 0.225 e.